The molecule has 0 aliphatic heterocycles. The first kappa shape index (κ1) is 19.4. The number of methoxy groups -OCH3 is 1. The minimum absolute atomic E-state index is 0.0564. The Morgan fingerprint density at radius 3 is 2.63 bits per heavy atom. The van der Waals surface area contributed by atoms with E-state index in [1.807, 2.05) is 0 Å². The number of halogens is 1. The Labute approximate surface area is 175 Å². The first-order valence-electron chi connectivity index (χ1n) is 8.68. The fourth-order valence-electron chi connectivity index (χ4n) is 2.82. The van der Waals surface area contributed by atoms with E-state index in [0.717, 1.165) is 17.7 Å². The van der Waals surface area contributed by atoms with Gasteiger partial charge in [0.25, 0.3) is 5.69 Å². The van der Waals surface area contributed by atoms with E-state index in [1.165, 1.54) is 13.3 Å². The third kappa shape index (κ3) is 3.81. The molecule has 4 aromatic rings. The zero-order chi connectivity index (χ0) is 21.3. The first-order valence-corrected chi connectivity index (χ1v) is 9.06. The quantitative estimate of drug-likeness (QED) is 0.257. The van der Waals surface area contributed by atoms with E-state index in [4.69, 9.17) is 20.8 Å². The van der Waals surface area contributed by atoms with Gasteiger partial charge in [-0.15, -0.1) is 0 Å². The molecule has 150 valence electrons. The highest BCUT2D eigenvalue weighted by Crippen LogP contribution is 2.32. The molecule has 0 bridgehead atoms. The monoisotopic (exact) mass is 422 g/mol. The van der Waals surface area contributed by atoms with Crippen LogP contribution in [0.5, 0.6) is 11.5 Å². The van der Waals surface area contributed by atoms with Crippen molar-refractivity contribution in [2.75, 3.05) is 7.11 Å². The minimum atomic E-state index is -0.596. The zero-order valence-corrected chi connectivity index (χ0v) is 16.3. The van der Waals surface area contributed by atoms with Crippen LogP contribution in [0.2, 0.25) is 5.02 Å². The summed E-state index contributed by atoms with van der Waals surface area (Å²) in [4.78, 5) is 19.1. The van der Waals surface area contributed by atoms with Gasteiger partial charge < -0.3 is 14.3 Å². The molecule has 1 heterocycles. The summed E-state index contributed by atoms with van der Waals surface area (Å²) >= 11 is 5.97. The van der Waals surface area contributed by atoms with Gasteiger partial charge >= 0.3 is 0 Å². The molecule has 0 atom stereocenters. The summed E-state index contributed by atoms with van der Waals surface area (Å²) in [5, 5.41) is 23.9. The van der Waals surface area contributed by atoms with Gasteiger partial charge in [0.1, 0.15) is 11.3 Å². The number of non-ortho nitro benzene ring substituents is 1. The Morgan fingerprint density at radius 1 is 1.17 bits per heavy atom. The molecule has 0 fully saturated rings. The Morgan fingerprint density at radius 2 is 1.93 bits per heavy atom. The molecule has 0 aliphatic rings. The van der Waals surface area contributed by atoms with Gasteiger partial charge in [-0.25, -0.2) is 4.98 Å². The van der Waals surface area contributed by atoms with E-state index >= 15 is 0 Å². The number of benzene rings is 3. The Hall–Kier alpha value is -3.91. The van der Waals surface area contributed by atoms with Crippen molar-refractivity contribution in [1.82, 2.24) is 4.98 Å². The van der Waals surface area contributed by atoms with Gasteiger partial charge in [-0.05, 0) is 48.0 Å². The topological polar surface area (TPSA) is 114 Å². The first-order chi connectivity index (χ1) is 14.4. The van der Waals surface area contributed by atoms with Crippen LogP contribution in [0.4, 0.5) is 11.4 Å². The van der Waals surface area contributed by atoms with Gasteiger partial charge in [0.15, 0.2) is 5.58 Å². The van der Waals surface area contributed by atoms with Crippen molar-refractivity contribution in [2.45, 2.75) is 0 Å². The number of fused-ring (bicyclic) bond motifs is 1. The molecule has 1 aromatic heterocycles. The molecule has 3 aromatic carbocycles. The lowest BCUT2D eigenvalue weighted by Gasteiger charge is -2.14. The minimum Gasteiger partial charge on any atom is -0.870 e. The maximum absolute atomic E-state index is 12.3. The summed E-state index contributed by atoms with van der Waals surface area (Å²) in [6.45, 7) is 0. The summed E-state index contributed by atoms with van der Waals surface area (Å²) in [6.07, 6.45) is 1.27. The second kappa shape index (κ2) is 7.84. The summed E-state index contributed by atoms with van der Waals surface area (Å²) in [7, 11) is 1.28. The number of hydrogen-bond donors (Lipinski definition) is 0. The molecule has 8 nitrogen and oxygen atoms in total. The van der Waals surface area contributed by atoms with Crippen molar-refractivity contribution in [1.29, 1.82) is 0 Å². The van der Waals surface area contributed by atoms with E-state index < -0.39 is 10.7 Å². The van der Waals surface area contributed by atoms with Gasteiger partial charge in [0, 0.05) is 22.9 Å². The molecule has 0 radical (unpaired) electrons. The molecule has 0 unspecified atom stereocenters. The van der Waals surface area contributed by atoms with Gasteiger partial charge in [-0.1, -0.05) is 17.4 Å². The molecule has 30 heavy (non-hydrogen) atoms. The predicted octanol–water partition coefficient (Wildman–Crippen LogP) is 4.89. The number of nitro groups is 1. The highest BCUT2D eigenvalue weighted by molar-refractivity contribution is 6.31. The Kier molecular flexibility index (Phi) is 5.07. The molecular weight excluding hydrogens is 410 g/mol. The predicted molar refractivity (Wildman–Crippen MR) is 111 cm³/mol. The van der Waals surface area contributed by atoms with Crippen molar-refractivity contribution < 1.29 is 19.2 Å². The molecule has 0 N–H and O–H groups in total. The van der Waals surface area contributed by atoms with Crippen LogP contribution in [0.1, 0.15) is 5.56 Å². The lowest BCUT2D eigenvalue weighted by atomic mass is 10.1. The summed E-state index contributed by atoms with van der Waals surface area (Å²) < 4.78 is 10.6. The number of nitrogens with zero attached hydrogens (tertiary/aromatic N) is 3. The average molecular weight is 423 g/mol. The number of hydrogen-bond acceptors (Lipinski definition) is 7. The van der Waals surface area contributed by atoms with Crippen molar-refractivity contribution in [3.63, 3.8) is 0 Å². The summed E-state index contributed by atoms with van der Waals surface area (Å²) in [5.74, 6) is -0.154. The highest BCUT2D eigenvalue weighted by Gasteiger charge is 2.12. The fourth-order valence-corrected chi connectivity index (χ4v) is 2.99. The van der Waals surface area contributed by atoms with Crippen LogP contribution in [-0.2, 0) is 0 Å². The molecule has 0 saturated carbocycles. The third-order valence-electron chi connectivity index (χ3n) is 4.32. The molecule has 4 rings (SSSR count). The van der Waals surface area contributed by atoms with Gasteiger partial charge in [-0.2, -0.15) is 0 Å². The van der Waals surface area contributed by atoms with Gasteiger partial charge in [0.05, 0.1) is 23.8 Å². The summed E-state index contributed by atoms with van der Waals surface area (Å²) in [6, 6.07) is 14.4. The molecule has 0 saturated heterocycles. The largest absolute Gasteiger partial charge is 0.870 e. The second-order valence-corrected chi connectivity index (χ2v) is 6.70. The molecular formula is C21H13ClN3O5-. The number of rotatable bonds is 5. The number of nitro benzene ring substituents is 1. The molecule has 9 heteroatoms. The smallest absolute Gasteiger partial charge is 0.273 e. The highest BCUT2D eigenvalue weighted by atomic mass is 35.5. The lowest BCUT2D eigenvalue weighted by Crippen LogP contribution is -2.02. The van der Waals surface area contributed by atoms with E-state index in [-0.39, 0.29) is 17.0 Å². The van der Waals surface area contributed by atoms with Crippen molar-refractivity contribution in [3.8, 4) is 23.0 Å². The maximum Gasteiger partial charge on any atom is 0.273 e. The number of ether oxygens (including phenoxy) is 1. The molecule has 0 aliphatic carbocycles. The van der Waals surface area contributed by atoms with E-state index in [2.05, 4.69) is 9.98 Å². The number of aliphatic imine (C=N–C) groups is 1. The zero-order valence-electron chi connectivity index (χ0n) is 15.5. The van der Waals surface area contributed by atoms with Crippen molar-refractivity contribution in [3.05, 3.63) is 75.3 Å². The second-order valence-electron chi connectivity index (χ2n) is 6.26. The van der Waals surface area contributed by atoms with Gasteiger partial charge in [0.2, 0.25) is 5.89 Å². The molecule has 0 amide bonds. The molecule has 0 spiro atoms. The average Bonchev–Trinajstić information content (AvgIpc) is 3.16. The van der Waals surface area contributed by atoms with Crippen LogP contribution < -0.4 is 9.84 Å². The fraction of sp³-hybridized carbons (Fsp3) is 0.0476. The van der Waals surface area contributed by atoms with Crippen LogP contribution in [0.3, 0.4) is 0 Å². The Balaban J connectivity index is 1.61. The van der Waals surface area contributed by atoms with Crippen LogP contribution in [-0.4, -0.2) is 23.2 Å². The van der Waals surface area contributed by atoms with Crippen molar-refractivity contribution in [2.24, 2.45) is 4.99 Å². The van der Waals surface area contributed by atoms with Crippen molar-refractivity contribution >= 4 is 40.3 Å². The standard InChI is InChI=1S/C21H14ClN3O5/c1-29-19-10-16(25(27)28)8-13(20(19)26)11-23-15-5-2-12(3-6-15)21-24-17-9-14(22)4-7-18(17)30-21/h2-11,26H,1H3/p-1. The van der Waals surface area contributed by atoms with Gasteiger partial charge in [-0.3, -0.25) is 15.1 Å². The number of oxazole rings is 1. The maximum atomic E-state index is 12.3. The normalized spacial score (nSPS) is 11.3. The SMILES string of the molecule is COc1cc([N+](=O)[O-])cc(C=Nc2ccc(-c3nc4cc(Cl)ccc4o3)cc2)c1[O-]. The summed E-state index contributed by atoms with van der Waals surface area (Å²) in [5.41, 5.74) is 2.37. The van der Waals surface area contributed by atoms with Crippen LogP contribution >= 0.6 is 11.6 Å². The van der Waals surface area contributed by atoms with Crippen LogP contribution in [0, 0.1) is 10.1 Å². The van der Waals surface area contributed by atoms with Crippen LogP contribution in [0.15, 0.2) is 64.0 Å². The van der Waals surface area contributed by atoms with E-state index in [1.54, 1.807) is 42.5 Å². The lowest BCUT2D eigenvalue weighted by molar-refractivity contribution is -0.385. The van der Waals surface area contributed by atoms with E-state index in [0.29, 0.717) is 27.7 Å². The van der Waals surface area contributed by atoms with Crippen LogP contribution in [0.25, 0.3) is 22.6 Å². The third-order valence-corrected chi connectivity index (χ3v) is 4.55. The van der Waals surface area contributed by atoms with E-state index in [9.17, 15) is 15.2 Å². The number of aromatic nitrogens is 1. The Bertz CT molecular complexity index is 1280.